The highest BCUT2D eigenvalue weighted by atomic mass is 16.5. The molecule has 0 heterocycles. The Balaban J connectivity index is 2.71. The minimum absolute atomic E-state index is 0.283. The van der Waals surface area contributed by atoms with Crippen molar-refractivity contribution in [3.63, 3.8) is 0 Å². The van der Waals surface area contributed by atoms with Gasteiger partial charge in [0.05, 0.1) is 0 Å². The number of hydroxylamine groups is 1. The van der Waals surface area contributed by atoms with Gasteiger partial charge in [-0.1, -0.05) is 13.8 Å². The molecule has 17 heavy (non-hydrogen) atoms. The Morgan fingerprint density at radius 1 is 1.41 bits per heavy atom. The normalized spacial score (nSPS) is 12.2. The first-order valence-corrected chi connectivity index (χ1v) is 5.49. The van der Waals surface area contributed by atoms with E-state index in [1.165, 1.54) is 0 Å². The van der Waals surface area contributed by atoms with Crippen LogP contribution < -0.4 is 16.0 Å². The Morgan fingerprint density at radius 2 is 2.00 bits per heavy atom. The number of anilines is 1. The third kappa shape index (κ3) is 4.32. The molecular weight excluding hydrogens is 220 g/mol. The number of nitrogen functional groups attached to an aromatic ring is 1. The van der Waals surface area contributed by atoms with Crippen molar-refractivity contribution in [2.75, 3.05) is 5.73 Å². The highest BCUT2D eigenvalue weighted by molar-refractivity contribution is 5.79. The van der Waals surface area contributed by atoms with Gasteiger partial charge in [-0.3, -0.25) is 10.0 Å². The minimum atomic E-state index is -0.705. The highest BCUT2D eigenvalue weighted by Crippen LogP contribution is 2.17. The molecule has 5 heteroatoms. The van der Waals surface area contributed by atoms with Crippen molar-refractivity contribution in [3.05, 3.63) is 24.3 Å². The zero-order valence-corrected chi connectivity index (χ0v) is 10.0. The van der Waals surface area contributed by atoms with E-state index in [0.29, 0.717) is 17.9 Å². The maximum Gasteiger partial charge on any atom is 0.284 e. The summed E-state index contributed by atoms with van der Waals surface area (Å²) in [5.41, 5.74) is 7.79. The van der Waals surface area contributed by atoms with Gasteiger partial charge in [-0.15, -0.1) is 0 Å². The number of benzene rings is 1. The standard InChI is InChI=1S/C12H18N2O3/c1-8(2)7-11(12(15)14-16)17-10-5-3-9(13)4-6-10/h3-6,8,11,16H,7,13H2,1-2H3,(H,14,15). The van der Waals surface area contributed by atoms with Crippen molar-refractivity contribution in [2.45, 2.75) is 26.4 Å². The zero-order valence-electron chi connectivity index (χ0n) is 10.0. The number of carbonyl (C=O) groups is 1. The van der Waals surface area contributed by atoms with Gasteiger partial charge in [0.2, 0.25) is 0 Å². The third-order valence-corrected chi connectivity index (χ3v) is 2.25. The average Bonchev–Trinajstić information content (AvgIpc) is 2.29. The van der Waals surface area contributed by atoms with Crippen molar-refractivity contribution < 1.29 is 14.7 Å². The molecule has 1 atom stereocenters. The maximum absolute atomic E-state index is 11.4. The van der Waals surface area contributed by atoms with Gasteiger partial charge in [0.15, 0.2) is 6.10 Å². The molecule has 1 rings (SSSR count). The van der Waals surface area contributed by atoms with Crippen molar-refractivity contribution in [2.24, 2.45) is 5.92 Å². The fraction of sp³-hybridized carbons (Fsp3) is 0.417. The van der Waals surface area contributed by atoms with E-state index in [9.17, 15) is 4.79 Å². The van der Waals surface area contributed by atoms with Crippen LogP contribution in [0.25, 0.3) is 0 Å². The second-order valence-electron chi connectivity index (χ2n) is 4.28. The lowest BCUT2D eigenvalue weighted by Gasteiger charge is -2.18. The summed E-state index contributed by atoms with van der Waals surface area (Å²) in [7, 11) is 0. The minimum Gasteiger partial charge on any atom is -0.481 e. The van der Waals surface area contributed by atoms with E-state index in [4.69, 9.17) is 15.7 Å². The Kier molecular flexibility index (Phi) is 4.78. The molecule has 0 spiro atoms. The molecule has 1 unspecified atom stereocenters. The van der Waals surface area contributed by atoms with Crippen LogP contribution in [0.15, 0.2) is 24.3 Å². The van der Waals surface area contributed by atoms with E-state index in [0.717, 1.165) is 0 Å². The van der Waals surface area contributed by atoms with Gasteiger partial charge in [-0.25, -0.2) is 5.48 Å². The molecule has 0 aliphatic carbocycles. The first kappa shape index (κ1) is 13.3. The van der Waals surface area contributed by atoms with Crippen LogP contribution >= 0.6 is 0 Å². The van der Waals surface area contributed by atoms with Gasteiger partial charge in [-0.05, 0) is 36.6 Å². The summed E-state index contributed by atoms with van der Waals surface area (Å²) in [4.78, 5) is 11.4. The molecule has 5 nitrogen and oxygen atoms in total. The summed E-state index contributed by atoms with van der Waals surface area (Å²) >= 11 is 0. The average molecular weight is 238 g/mol. The molecule has 1 aromatic rings. The number of amides is 1. The number of hydrogen-bond acceptors (Lipinski definition) is 4. The van der Waals surface area contributed by atoms with Crippen LogP contribution in [0.4, 0.5) is 5.69 Å². The van der Waals surface area contributed by atoms with Gasteiger partial charge in [0.1, 0.15) is 5.75 Å². The third-order valence-electron chi connectivity index (χ3n) is 2.25. The van der Waals surface area contributed by atoms with E-state index in [1.54, 1.807) is 29.7 Å². The number of rotatable bonds is 5. The Morgan fingerprint density at radius 3 is 2.47 bits per heavy atom. The van der Waals surface area contributed by atoms with Crippen molar-refractivity contribution in [1.82, 2.24) is 5.48 Å². The number of nitrogens with one attached hydrogen (secondary N) is 1. The van der Waals surface area contributed by atoms with Gasteiger partial charge in [0, 0.05) is 5.69 Å². The van der Waals surface area contributed by atoms with Crippen LogP contribution in [0.2, 0.25) is 0 Å². The van der Waals surface area contributed by atoms with Crippen molar-refractivity contribution in [3.8, 4) is 5.75 Å². The summed E-state index contributed by atoms with van der Waals surface area (Å²) in [6, 6.07) is 6.76. The van der Waals surface area contributed by atoms with Crippen LogP contribution in [0.1, 0.15) is 20.3 Å². The molecule has 1 amide bonds. The van der Waals surface area contributed by atoms with Gasteiger partial charge in [0.25, 0.3) is 5.91 Å². The first-order chi connectivity index (χ1) is 8.02. The molecule has 0 bridgehead atoms. The molecule has 0 saturated carbocycles. The van der Waals surface area contributed by atoms with Gasteiger partial charge in [-0.2, -0.15) is 0 Å². The van der Waals surface area contributed by atoms with Gasteiger partial charge < -0.3 is 10.5 Å². The topological polar surface area (TPSA) is 84.6 Å². The van der Waals surface area contributed by atoms with Crippen LogP contribution in [-0.2, 0) is 4.79 Å². The lowest BCUT2D eigenvalue weighted by molar-refractivity contribution is -0.137. The summed E-state index contributed by atoms with van der Waals surface area (Å²) in [6.07, 6.45) is -0.180. The monoisotopic (exact) mass is 238 g/mol. The Bertz CT molecular complexity index is 363. The molecule has 0 aliphatic rings. The predicted octanol–water partition coefficient (Wildman–Crippen LogP) is 1.57. The Labute approximate surface area is 101 Å². The molecule has 0 radical (unpaired) electrons. The van der Waals surface area contributed by atoms with E-state index < -0.39 is 12.0 Å². The molecule has 94 valence electrons. The highest BCUT2D eigenvalue weighted by Gasteiger charge is 2.21. The summed E-state index contributed by atoms with van der Waals surface area (Å²) in [6.45, 7) is 3.95. The second kappa shape index (κ2) is 6.10. The maximum atomic E-state index is 11.4. The Hall–Kier alpha value is -1.75. The van der Waals surface area contributed by atoms with Gasteiger partial charge >= 0.3 is 0 Å². The first-order valence-electron chi connectivity index (χ1n) is 5.49. The lowest BCUT2D eigenvalue weighted by Crippen LogP contribution is -2.37. The fourth-order valence-corrected chi connectivity index (χ4v) is 1.42. The molecular formula is C12H18N2O3. The smallest absolute Gasteiger partial charge is 0.284 e. The van der Waals surface area contributed by atoms with E-state index >= 15 is 0 Å². The SMILES string of the molecule is CC(C)CC(Oc1ccc(N)cc1)C(=O)NO. The van der Waals surface area contributed by atoms with E-state index in [2.05, 4.69) is 0 Å². The molecule has 4 N–H and O–H groups in total. The quantitative estimate of drug-likeness (QED) is 0.413. The largest absolute Gasteiger partial charge is 0.481 e. The van der Waals surface area contributed by atoms with Crippen LogP contribution in [0.5, 0.6) is 5.75 Å². The summed E-state index contributed by atoms with van der Waals surface area (Å²) < 4.78 is 5.51. The zero-order chi connectivity index (χ0) is 12.8. The van der Waals surface area contributed by atoms with Crippen molar-refractivity contribution >= 4 is 11.6 Å². The number of hydrogen-bond donors (Lipinski definition) is 3. The summed E-state index contributed by atoms with van der Waals surface area (Å²) in [5, 5.41) is 8.64. The van der Waals surface area contributed by atoms with Crippen LogP contribution in [0, 0.1) is 5.92 Å². The number of carbonyl (C=O) groups excluding carboxylic acids is 1. The fourth-order valence-electron chi connectivity index (χ4n) is 1.42. The predicted molar refractivity (Wildman–Crippen MR) is 64.7 cm³/mol. The number of nitrogens with two attached hydrogens (primary N) is 1. The van der Waals surface area contributed by atoms with Crippen molar-refractivity contribution in [1.29, 1.82) is 0 Å². The van der Waals surface area contributed by atoms with Crippen LogP contribution in [-0.4, -0.2) is 17.2 Å². The number of ether oxygens (including phenoxy) is 1. The molecule has 0 fully saturated rings. The lowest BCUT2D eigenvalue weighted by atomic mass is 10.1. The molecule has 0 aliphatic heterocycles. The molecule has 0 saturated heterocycles. The molecule has 1 aromatic carbocycles. The van der Waals surface area contributed by atoms with E-state index in [-0.39, 0.29) is 5.92 Å². The van der Waals surface area contributed by atoms with Crippen LogP contribution in [0.3, 0.4) is 0 Å². The molecule has 0 aromatic heterocycles. The second-order valence-corrected chi connectivity index (χ2v) is 4.28. The summed E-state index contributed by atoms with van der Waals surface area (Å²) in [5.74, 6) is 0.287. The van der Waals surface area contributed by atoms with E-state index in [1.807, 2.05) is 13.8 Å².